The number of alkyl halides is 3. The molecule has 0 radical (unpaired) electrons. The number of hydrogen-bond donors (Lipinski definition) is 1. The van der Waals surface area contributed by atoms with Crippen molar-refractivity contribution in [2.24, 2.45) is 0 Å². The summed E-state index contributed by atoms with van der Waals surface area (Å²) >= 11 is 0. The van der Waals surface area contributed by atoms with Gasteiger partial charge in [-0.25, -0.2) is 4.98 Å². The molecular formula is C27H31F3N6O2. The molecule has 0 saturated carbocycles. The van der Waals surface area contributed by atoms with Crippen molar-refractivity contribution in [3.8, 4) is 0 Å². The van der Waals surface area contributed by atoms with E-state index in [9.17, 15) is 22.8 Å². The topological polar surface area (TPSA) is 83.4 Å². The fourth-order valence-electron chi connectivity index (χ4n) is 4.67. The zero-order chi connectivity index (χ0) is 27.4. The molecule has 4 rings (SSSR count). The van der Waals surface area contributed by atoms with Crippen LogP contribution in [-0.4, -0.2) is 69.9 Å². The monoisotopic (exact) mass is 528 g/mol. The minimum absolute atomic E-state index is 0.0815. The summed E-state index contributed by atoms with van der Waals surface area (Å²) < 4.78 is 41.4. The molecule has 1 fully saturated rings. The van der Waals surface area contributed by atoms with Crippen molar-refractivity contribution in [2.45, 2.75) is 38.4 Å². The first-order chi connectivity index (χ1) is 18.0. The minimum Gasteiger partial charge on any atom is -0.337 e. The number of pyridine rings is 1. The molecule has 202 valence electrons. The zero-order valence-corrected chi connectivity index (χ0v) is 21.6. The number of likely N-dealkylation sites (N-methyl/N-ethyl adjacent to an activating group) is 1. The number of aryl methyl sites for hydroxylation is 1. The summed E-state index contributed by atoms with van der Waals surface area (Å²) in [5, 5.41) is 2.73. The Bertz CT molecular complexity index is 1350. The highest BCUT2D eigenvalue weighted by atomic mass is 19.4. The molecule has 2 amide bonds. The van der Waals surface area contributed by atoms with Crippen LogP contribution in [0.1, 0.15) is 46.9 Å². The number of halogens is 3. The van der Waals surface area contributed by atoms with Crippen molar-refractivity contribution in [3.63, 3.8) is 0 Å². The summed E-state index contributed by atoms with van der Waals surface area (Å²) in [4.78, 5) is 37.8. The van der Waals surface area contributed by atoms with Crippen molar-refractivity contribution < 1.29 is 22.8 Å². The van der Waals surface area contributed by atoms with E-state index in [2.05, 4.69) is 15.3 Å². The first-order valence-corrected chi connectivity index (χ1v) is 12.5. The van der Waals surface area contributed by atoms with Gasteiger partial charge in [0, 0.05) is 37.5 Å². The van der Waals surface area contributed by atoms with Crippen LogP contribution in [0, 0.1) is 6.92 Å². The van der Waals surface area contributed by atoms with E-state index in [1.807, 2.05) is 54.8 Å². The Morgan fingerprint density at radius 3 is 2.74 bits per heavy atom. The molecule has 1 atom stereocenters. The number of benzene rings is 1. The van der Waals surface area contributed by atoms with Crippen LogP contribution in [0.3, 0.4) is 0 Å². The maximum Gasteiger partial charge on any atom is 0.433 e. The molecule has 38 heavy (non-hydrogen) atoms. The molecule has 0 spiro atoms. The van der Waals surface area contributed by atoms with Gasteiger partial charge in [0.1, 0.15) is 5.69 Å². The smallest absolute Gasteiger partial charge is 0.337 e. The van der Waals surface area contributed by atoms with E-state index in [1.54, 1.807) is 11.0 Å². The summed E-state index contributed by atoms with van der Waals surface area (Å²) in [5.74, 6) is -0.575. The minimum atomic E-state index is -4.67. The van der Waals surface area contributed by atoms with E-state index < -0.39 is 17.8 Å². The average molecular weight is 529 g/mol. The van der Waals surface area contributed by atoms with Crippen molar-refractivity contribution in [1.29, 1.82) is 0 Å². The highest BCUT2D eigenvalue weighted by molar-refractivity contribution is 6.04. The Morgan fingerprint density at radius 1 is 1.21 bits per heavy atom. The molecule has 0 bridgehead atoms. The molecule has 1 N–H and O–H groups in total. The summed E-state index contributed by atoms with van der Waals surface area (Å²) in [6, 6.07) is 7.39. The van der Waals surface area contributed by atoms with Gasteiger partial charge in [0.2, 0.25) is 11.9 Å². The van der Waals surface area contributed by atoms with Gasteiger partial charge in [0.25, 0.3) is 5.91 Å². The first kappa shape index (κ1) is 27.3. The normalized spacial score (nSPS) is 16.8. The van der Waals surface area contributed by atoms with Crippen molar-refractivity contribution in [2.75, 3.05) is 39.0 Å². The number of carbonyl (C=O) groups excluding carboxylic acids is 2. The standard InChI is InChI=1S/C27H31F3N6O2/c1-18-8-6-10-21-24(18)36(20-9-4-5-15-35(17-20)23(37)11-7-14-34(2)3)26(32-21)33-25(38)19-12-13-31-22(16-19)27(28,29)30/h6-8,10-13,16,20H,4-5,9,14-15,17H2,1-3H3,(H,32,33,38)/b11-7+/t20-/m0/s1. The molecule has 3 aromatic rings. The van der Waals surface area contributed by atoms with Crippen molar-refractivity contribution >= 4 is 28.8 Å². The molecule has 11 heteroatoms. The number of fused-ring (bicyclic) bond motifs is 1. The summed E-state index contributed by atoms with van der Waals surface area (Å²) in [7, 11) is 3.85. The third kappa shape index (κ3) is 6.21. The van der Waals surface area contributed by atoms with Gasteiger partial charge < -0.3 is 14.4 Å². The molecule has 2 aromatic heterocycles. The van der Waals surface area contributed by atoms with Crippen LogP contribution >= 0.6 is 0 Å². The van der Waals surface area contributed by atoms with Gasteiger partial charge in [-0.3, -0.25) is 19.9 Å². The molecule has 8 nitrogen and oxygen atoms in total. The predicted molar refractivity (Wildman–Crippen MR) is 139 cm³/mol. The van der Waals surface area contributed by atoms with E-state index in [0.29, 0.717) is 25.2 Å². The molecule has 0 unspecified atom stereocenters. The number of amides is 2. The fraction of sp³-hybridized carbons (Fsp3) is 0.407. The van der Waals surface area contributed by atoms with E-state index in [0.717, 1.165) is 42.6 Å². The first-order valence-electron chi connectivity index (χ1n) is 12.5. The number of nitrogens with one attached hydrogen (secondary N) is 1. The SMILES string of the molecule is Cc1cccc2nc(NC(=O)c3ccnc(C(F)(F)F)c3)n([C@H]3CCCCN(C(=O)/C=C/CN(C)C)C3)c12. The Labute approximate surface area is 219 Å². The Kier molecular flexibility index (Phi) is 8.15. The highest BCUT2D eigenvalue weighted by Gasteiger charge is 2.33. The van der Waals surface area contributed by atoms with E-state index in [-0.39, 0.29) is 23.5 Å². The van der Waals surface area contributed by atoms with Crippen LogP contribution in [-0.2, 0) is 11.0 Å². The third-order valence-electron chi connectivity index (χ3n) is 6.50. The quantitative estimate of drug-likeness (QED) is 0.470. The summed E-state index contributed by atoms with van der Waals surface area (Å²) in [6.45, 7) is 3.62. The number of aromatic nitrogens is 3. The maximum absolute atomic E-state index is 13.2. The highest BCUT2D eigenvalue weighted by Crippen LogP contribution is 2.32. The molecule has 1 saturated heterocycles. The van der Waals surface area contributed by atoms with Gasteiger partial charge in [-0.15, -0.1) is 0 Å². The molecule has 0 aliphatic carbocycles. The number of nitrogens with zero attached hydrogens (tertiary/aromatic N) is 5. The summed E-state index contributed by atoms with van der Waals surface area (Å²) in [6.07, 6.45) is 2.17. The molecule has 1 aliphatic rings. The zero-order valence-electron chi connectivity index (χ0n) is 21.6. The van der Waals surface area contributed by atoms with Crippen LogP contribution in [0.2, 0.25) is 0 Å². The van der Waals surface area contributed by atoms with Crippen LogP contribution in [0.4, 0.5) is 19.1 Å². The number of carbonyl (C=O) groups is 2. The Balaban J connectivity index is 1.68. The Morgan fingerprint density at radius 2 is 2.00 bits per heavy atom. The second kappa shape index (κ2) is 11.3. The lowest BCUT2D eigenvalue weighted by atomic mass is 10.1. The molecule has 1 aromatic carbocycles. The lowest BCUT2D eigenvalue weighted by molar-refractivity contribution is -0.141. The number of hydrogen-bond acceptors (Lipinski definition) is 5. The van der Waals surface area contributed by atoms with Gasteiger partial charge >= 0.3 is 6.18 Å². The Hall–Kier alpha value is -3.73. The van der Waals surface area contributed by atoms with Crippen LogP contribution in [0.15, 0.2) is 48.7 Å². The third-order valence-corrected chi connectivity index (χ3v) is 6.50. The number of para-hydroxylation sites is 1. The summed E-state index contributed by atoms with van der Waals surface area (Å²) in [5.41, 5.74) is 1.09. The van der Waals surface area contributed by atoms with Crippen molar-refractivity contribution in [3.05, 3.63) is 65.5 Å². The average Bonchev–Trinajstić information content (AvgIpc) is 3.05. The van der Waals surface area contributed by atoms with Crippen LogP contribution < -0.4 is 5.32 Å². The molecule has 3 heterocycles. The van der Waals surface area contributed by atoms with Gasteiger partial charge in [-0.2, -0.15) is 13.2 Å². The number of anilines is 1. The second-order valence-corrected chi connectivity index (χ2v) is 9.73. The lowest BCUT2D eigenvalue weighted by Gasteiger charge is -2.26. The second-order valence-electron chi connectivity index (χ2n) is 9.73. The van der Waals surface area contributed by atoms with E-state index in [4.69, 9.17) is 0 Å². The van der Waals surface area contributed by atoms with Gasteiger partial charge in [0.05, 0.1) is 17.1 Å². The van der Waals surface area contributed by atoms with Gasteiger partial charge in [-0.05, 0) is 64.0 Å². The van der Waals surface area contributed by atoms with Crippen LogP contribution in [0.5, 0.6) is 0 Å². The molecular weight excluding hydrogens is 497 g/mol. The lowest BCUT2D eigenvalue weighted by Crippen LogP contribution is -2.35. The maximum atomic E-state index is 13.2. The van der Waals surface area contributed by atoms with Gasteiger partial charge in [0.15, 0.2) is 0 Å². The number of rotatable bonds is 6. The van der Waals surface area contributed by atoms with Crippen LogP contribution in [0.25, 0.3) is 11.0 Å². The largest absolute Gasteiger partial charge is 0.433 e. The number of imidazole rings is 1. The van der Waals surface area contributed by atoms with Gasteiger partial charge in [-0.1, -0.05) is 18.2 Å². The van der Waals surface area contributed by atoms with E-state index in [1.165, 1.54) is 6.07 Å². The predicted octanol–water partition coefficient (Wildman–Crippen LogP) is 4.68. The molecule has 1 aliphatic heterocycles. The fourth-order valence-corrected chi connectivity index (χ4v) is 4.67. The van der Waals surface area contributed by atoms with Crippen molar-refractivity contribution in [1.82, 2.24) is 24.3 Å². The van der Waals surface area contributed by atoms with E-state index >= 15 is 0 Å². The number of likely N-dealkylation sites (tertiary alicyclic amines) is 1.